The Morgan fingerprint density at radius 1 is 1.33 bits per heavy atom. The predicted octanol–water partition coefficient (Wildman–Crippen LogP) is 2.36. The van der Waals surface area contributed by atoms with Crippen molar-refractivity contribution in [1.29, 1.82) is 0 Å². The van der Waals surface area contributed by atoms with E-state index in [1.54, 1.807) is 19.1 Å². The van der Waals surface area contributed by atoms with E-state index in [9.17, 15) is 8.78 Å². The molecule has 0 aliphatic heterocycles. The zero-order valence-corrected chi connectivity index (χ0v) is 9.51. The third-order valence-corrected chi connectivity index (χ3v) is 2.14. The molecule has 0 spiro atoms. The number of aromatic nitrogens is 2. The third-order valence-electron chi connectivity index (χ3n) is 2.14. The maximum absolute atomic E-state index is 12.1. The average molecular weight is 255 g/mol. The first kappa shape index (κ1) is 12.4. The molecule has 1 aromatic carbocycles. The highest BCUT2D eigenvalue weighted by Gasteiger charge is 2.13. The molecule has 18 heavy (non-hydrogen) atoms. The van der Waals surface area contributed by atoms with Gasteiger partial charge in [-0.3, -0.25) is 0 Å². The quantitative estimate of drug-likeness (QED) is 0.907. The molecule has 2 N–H and O–H groups in total. The van der Waals surface area contributed by atoms with Gasteiger partial charge >= 0.3 is 6.61 Å². The maximum atomic E-state index is 12.1. The Kier molecular flexibility index (Phi) is 3.52. The minimum atomic E-state index is -2.87. The number of hydrogen-bond acceptors (Lipinski definition) is 5. The largest absolute Gasteiger partial charge is 0.435 e. The van der Waals surface area contributed by atoms with Gasteiger partial charge in [0.1, 0.15) is 5.75 Å². The van der Waals surface area contributed by atoms with Crippen molar-refractivity contribution in [3.8, 4) is 17.2 Å². The summed E-state index contributed by atoms with van der Waals surface area (Å²) in [5, 5.41) is 7.54. The van der Waals surface area contributed by atoms with Crippen LogP contribution in [-0.2, 0) is 0 Å². The molecule has 2 aromatic rings. The molecule has 1 unspecified atom stereocenters. The molecule has 0 fully saturated rings. The van der Waals surface area contributed by atoms with Gasteiger partial charge in [0.15, 0.2) is 0 Å². The van der Waals surface area contributed by atoms with Crippen LogP contribution in [0.2, 0.25) is 0 Å². The summed E-state index contributed by atoms with van der Waals surface area (Å²) in [7, 11) is 0. The molecule has 0 radical (unpaired) electrons. The smallest absolute Gasteiger partial charge is 0.387 e. The van der Waals surface area contributed by atoms with Gasteiger partial charge in [-0.25, -0.2) is 0 Å². The lowest BCUT2D eigenvalue weighted by Crippen LogP contribution is -2.04. The van der Waals surface area contributed by atoms with E-state index in [2.05, 4.69) is 14.9 Å². The first-order valence-corrected chi connectivity index (χ1v) is 5.20. The van der Waals surface area contributed by atoms with E-state index in [1.807, 2.05) is 0 Å². The first-order chi connectivity index (χ1) is 8.56. The topological polar surface area (TPSA) is 74.2 Å². The normalized spacial score (nSPS) is 12.7. The highest BCUT2D eigenvalue weighted by Crippen LogP contribution is 2.24. The molecule has 2 rings (SSSR count). The van der Waals surface area contributed by atoms with Crippen LogP contribution >= 0.6 is 0 Å². The molecule has 0 aliphatic carbocycles. The number of nitrogens with two attached hydrogens (primary N) is 1. The molecule has 1 heterocycles. The predicted molar refractivity (Wildman–Crippen MR) is 59.0 cm³/mol. The molecule has 1 atom stereocenters. The SMILES string of the molecule is CC(N)c1nnc(-c2cccc(OC(F)F)c2)o1. The number of nitrogens with zero attached hydrogens (tertiary/aromatic N) is 2. The molecule has 0 saturated heterocycles. The summed E-state index contributed by atoms with van der Waals surface area (Å²) in [5.41, 5.74) is 6.07. The highest BCUT2D eigenvalue weighted by atomic mass is 19.3. The van der Waals surface area contributed by atoms with E-state index in [0.29, 0.717) is 5.56 Å². The second kappa shape index (κ2) is 5.09. The first-order valence-electron chi connectivity index (χ1n) is 5.20. The molecule has 1 aromatic heterocycles. The highest BCUT2D eigenvalue weighted by molar-refractivity contribution is 5.55. The third kappa shape index (κ3) is 2.80. The number of ether oxygens (including phenoxy) is 1. The fourth-order valence-electron chi connectivity index (χ4n) is 1.34. The Bertz CT molecular complexity index is 529. The number of rotatable bonds is 4. The van der Waals surface area contributed by atoms with E-state index in [1.165, 1.54) is 12.1 Å². The van der Waals surface area contributed by atoms with Crippen molar-refractivity contribution in [3.05, 3.63) is 30.2 Å². The van der Waals surface area contributed by atoms with Crippen molar-refractivity contribution in [2.45, 2.75) is 19.6 Å². The van der Waals surface area contributed by atoms with Gasteiger partial charge in [0.05, 0.1) is 6.04 Å². The number of hydrogen-bond donors (Lipinski definition) is 1. The van der Waals surface area contributed by atoms with Gasteiger partial charge in [0, 0.05) is 5.56 Å². The molecule has 0 bridgehead atoms. The molecule has 0 aliphatic rings. The van der Waals surface area contributed by atoms with E-state index < -0.39 is 6.61 Å². The van der Waals surface area contributed by atoms with Gasteiger partial charge < -0.3 is 14.9 Å². The van der Waals surface area contributed by atoms with Crippen LogP contribution in [0.5, 0.6) is 5.75 Å². The Morgan fingerprint density at radius 2 is 2.11 bits per heavy atom. The van der Waals surface area contributed by atoms with Crippen LogP contribution in [0.4, 0.5) is 8.78 Å². The second-order valence-electron chi connectivity index (χ2n) is 3.64. The van der Waals surface area contributed by atoms with Gasteiger partial charge in [-0.05, 0) is 25.1 Å². The van der Waals surface area contributed by atoms with E-state index in [-0.39, 0.29) is 23.6 Å². The molecular weight excluding hydrogens is 244 g/mol. The minimum absolute atomic E-state index is 0.0306. The van der Waals surface area contributed by atoms with Crippen LogP contribution in [0.1, 0.15) is 18.9 Å². The molecule has 5 nitrogen and oxygen atoms in total. The number of halogens is 2. The Labute approximate surface area is 102 Å². The van der Waals surface area contributed by atoms with E-state index in [0.717, 1.165) is 0 Å². The lowest BCUT2D eigenvalue weighted by atomic mass is 10.2. The second-order valence-corrected chi connectivity index (χ2v) is 3.64. The van der Waals surface area contributed by atoms with Gasteiger partial charge in [-0.1, -0.05) is 6.07 Å². The van der Waals surface area contributed by atoms with Crippen LogP contribution in [-0.4, -0.2) is 16.8 Å². The summed E-state index contributed by atoms with van der Waals surface area (Å²) in [6, 6.07) is 5.63. The summed E-state index contributed by atoms with van der Waals surface area (Å²) >= 11 is 0. The van der Waals surface area contributed by atoms with Crippen molar-refractivity contribution < 1.29 is 17.9 Å². The summed E-state index contributed by atoms with van der Waals surface area (Å²) in [6.07, 6.45) is 0. The number of benzene rings is 1. The fourth-order valence-corrected chi connectivity index (χ4v) is 1.34. The summed E-state index contributed by atoms with van der Waals surface area (Å²) in [5.74, 6) is 0.523. The Hall–Kier alpha value is -2.02. The van der Waals surface area contributed by atoms with E-state index in [4.69, 9.17) is 10.2 Å². The van der Waals surface area contributed by atoms with Crippen LogP contribution in [0.25, 0.3) is 11.5 Å². The fraction of sp³-hybridized carbons (Fsp3) is 0.273. The molecule has 7 heteroatoms. The zero-order chi connectivity index (χ0) is 13.1. The number of alkyl halides is 2. The van der Waals surface area contributed by atoms with Crippen LogP contribution in [0.15, 0.2) is 28.7 Å². The van der Waals surface area contributed by atoms with Gasteiger partial charge in [0.25, 0.3) is 0 Å². The summed E-state index contributed by atoms with van der Waals surface area (Å²) in [6.45, 7) is -1.17. The average Bonchev–Trinajstić information content (AvgIpc) is 2.77. The van der Waals surface area contributed by atoms with Crippen molar-refractivity contribution in [1.82, 2.24) is 10.2 Å². The van der Waals surface area contributed by atoms with E-state index >= 15 is 0 Å². The van der Waals surface area contributed by atoms with Gasteiger partial charge in [-0.2, -0.15) is 8.78 Å². The van der Waals surface area contributed by atoms with Crippen LogP contribution in [0.3, 0.4) is 0 Å². The minimum Gasteiger partial charge on any atom is -0.435 e. The Balaban J connectivity index is 2.26. The van der Waals surface area contributed by atoms with Crippen molar-refractivity contribution >= 4 is 0 Å². The monoisotopic (exact) mass is 255 g/mol. The summed E-state index contributed by atoms with van der Waals surface area (Å²) in [4.78, 5) is 0. The lowest BCUT2D eigenvalue weighted by Gasteiger charge is -2.04. The molecule has 0 saturated carbocycles. The van der Waals surface area contributed by atoms with Gasteiger partial charge in [0.2, 0.25) is 11.8 Å². The maximum Gasteiger partial charge on any atom is 0.387 e. The zero-order valence-electron chi connectivity index (χ0n) is 9.51. The van der Waals surface area contributed by atoms with Crippen molar-refractivity contribution in [2.75, 3.05) is 0 Å². The van der Waals surface area contributed by atoms with Crippen LogP contribution in [0, 0.1) is 0 Å². The van der Waals surface area contributed by atoms with Crippen molar-refractivity contribution in [2.24, 2.45) is 5.73 Å². The summed E-state index contributed by atoms with van der Waals surface area (Å²) < 4.78 is 33.7. The lowest BCUT2D eigenvalue weighted by molar-refractivity contribution is -0.0498. The Morgan fingerprint density at radius 3 is 2.72 bits per heavy atom. The van der Waals surface area contributed by atoms with Gasteiger partial charge in [-0.15, -0.1) is 10.2 Å². The molecule has 0 amide bonds. The van der Waals surface area contributed by atoms with Crippen LogP contribution < -0.4 is 10.5 Å². The molecular formula is C11H11F2N3O2. The standard InChI is InChI=1S/C11H11F2N3O2/c1-6(14)9-15-16-10(18-9)7-3-2-4-8(5-7)17-11(12)13/h2-6,11H,14H2,1H3. The van der Waals surface area contributed by atoms with Crippen molar-refractivity contribution in [3.63, 3.8) is 0 Å². The molecule has 96 valence electrons.